The smallest absolute Gasteiger partial charge is 0.416 e. The van der Waals surface area contributed by atoms with Crippen LogP contribution in [0.3, 0.4) is 0 Å². The molecule has 0 saturated carbocycles. The first-order valence-corrected chi connectivity index (χ1v) is 10.5. The molecule has 1 aliphatic heterocycles. The van der Waals surface area contributed by atoms with Crippen molar-refractivity contribution >= 4 is 29.6 Å². The van der Waals surface area contributed by atoms with Crippen molar-refractivity contribution in [2.45, 2.75) is 19.1 Å². The molecule has 3 N–H and O–H groups in total. The summed E-state index contributed by atoms with van der Waals surface area (Å²) in [5, 5.41) is 29.0. The number of amides is 2. The highest BCUT2D eigenvalue weighted by Crippen LogP contribution is 2.41. The summed E-state index contributed by atoms with van der Waals surface area (Å²) in [4.78, 5) is 38.9. The van der Waals surface area contributed by atoms with Crippen LogP contribution >= 0.6 is 0 Å². The number of nitrogens with one attached hydrogen (secondary N) is 2. The predicted octanol–water partition coefficient (Wildman–Crippen LogP) is 3.62. The van der Waals surface area contributed by atoms with E-state index in [1.165, 1.54) is 37.3 Å². The Balaban J connectivity index is 2.29. The Bertz CT molecular complexity index is 1330. The first-order chi connectivity index (χ1) is 17.4. The van der Waals surface area contributed by atoms with Gasteiger partial charge >= 0.3 is 24.1 Å². The lowest BCUT2D eigenvalue weighted by Gasteiger charge is -2.43. The number of nitrogens with zero attached hydrogens (tertiary/aromatic N) is 3. The molecule has 1 aliphatic rings. The average molecular weight is 515 g/mol. The minimum absolute atomic E-state index is 0.00724. The molecule has 192 valence electrons. The van der Waals surface area contributed by atoms with Gasteiger partial charge in [-0.15, -0.1) is 0 Å². The van der Waals surface area contributed by atoms with Crippen LogP contribution in [0.15, 0.2) is 59.8 Å². The topological polar surface area (TPSA) is 147 Å². The second kappa shape index (κ2) is 10.4. The molecule has 13 heteroatoms. The maximum atomic E-state index is 13.4. The molecule has 2 aromatic carbocycles. The number of guanidine groups is 1. The van der Waals surface area contributed by atoms with E-state index in [1.807, 2.05) is 6.07 Å². The highest BCUT2D eigenvalue weighted by atomic mass is 19.4. The minimum Gasteiger partial charge on any atom is -0.480 e. The largest absolute Gasteiger partial charge is 0.480 e. The molecule has 0 fully saturated rings. The van der Waals surface area contributed by atoms with Crippen molar-refractivity contribution in [3.8, 4) is 6.07 Å². The van der Waals surface area contributed by atoms with Crippen LogP contribution in [0.1, 0.15) is 29.7 Å². The van der Waals surface area contributed by atoms with Gasteiger partial charge in [0.15, 0.2) is 0 Å². The third-order valence-corrected chi connectivity index (χ3v) is 5.50. The van der Waals surface area contributed by atoms with Crippen molar-refractivity contribution < 1.29 is 37.4 Å². The van der Waals surface area contributed by atoms with Gasteiger partial charge in [0.25, 0.3) is 0 Å². The highest BCUT2D eigenvalue weighted by Gasteiger charge is 2.44. The van der Waals surface area contributed by atoms with Gasteiger partial charge in [-0.25, -0.2) is 9.59 Å². The van der Waals surface area contributed by atoms with E-state index in [4.69, 9.17) is 20.5 Å². The van der Waals surface area contributed by atoms with Gasteiger partial charge in [-0.05, 0) is 42.8 Å². The highest BCUT2D eigenvalue weighted by molar-refractivity contribution is 6.10. The van der Waals surface area contributed by atoms with Crippen LogP contribution in [-0.2, 0) is 20.5 Å². The van der Waals surface area contributed by atoms with E-state index in [2.05, 4.69) is 5.32 Å². The summed E-state index contributed by atoms with van der Waals surface area (Å²) in [6, 6.07) is 9.14. The number of anilines is 1. The molecule has 1 unspecified atom stereocenters. The number of allylic oxidation sites excluding steroid dienone is 1. The molecule has 0 aromatic heterocycles. The third-order valence-electron chi connectivity index (χ3n) is 5.50. The molecule has 2 aromatic rings. The van der Waals surface area contributed by atoms with Crippen molar-refractivity contribution in [3.63, 3.8) is 0 Å². The number of carbonyl (C=O) groups is 3. The zero-order valence-electron chi connectivity index (χ0n) is 19.5. The van der Waals surface area contributed by atoms with Gasteiger partial charge in [0.05, 0.1) is 29.9 Å². The molecule has 0 spiro atoms. The Hall–Kier alpha value is -4.86. The monoisotopic (exact) mass is 515 g/mol. The van der Waals surface area contributed by atoms with E-state index >= 15 is 0 Å². The van der Waals surface area contributed by atoms with E-state index in [9.17, 15) is 27.6 Å². The fourth-order valence-electron chi connectivity index (χ4n) is 3.85. The average Bonchev–Trinajstić information content (AvgIpc) is 2.86. The van der Waals surface area contributed by atoms with E-state index in [1.54, 1.807) is 0 Å². The fraction of sp³-hybridized carbons (Fsp3) is 0.208. The Morgan fingerprint density at radius 2 is 1.84 bits per heavy atom. The lowest BCUT2D eigenvalue weighted by atomic mass is 9.92. The first kappa shape index (κ1) is 26.7. The van der Waals surface area contributed by atoms with Crippen LogP contribution < -0.4 is 10.2 Å². The van der Waals surface area contributed by atoms with Crippen molar-refractivity contribution in [2.24, 2.45) is 0 Å². The van der Waals surface area contributed by atoms with Gasteiger partial charge in [-0.2, -0.15) is 18.4 Å². The Morgan fingerprint density at radius 3 is 2.38 bits per heavy atom. The number of carbonyl (C=O) groups excluding carboxylic acids is 2. The Kier molecular flexibility index (Phi) is 7.52. The summed E-state index contributed by atoms with van der Waals surface area (Å²) in [6.45, 7) is 0.548. The first-order valence-electron chi connectivity index (χ1n) is 10.5. The van der Waals surface area contributed by atoms with Gasteiger partial charge in [-0.1, -0.05) is 18.2 Å². The molecule has 1 atom stereocenters. The van der Waals surface area contributed by atoms with Crippen LogP contribution in [0.2, 0.25) is 0 Å². The second-order valence-corrected chi connectivity index (χ2v) is 7.76. The summed E-state index contributed by atoms with van der Waals surface area (Å²) >= 11 is 0. The normalized spacial score (nSPS) is 15.8. The van der Waals surface area contributed by atoms with Gasteiger partial charge < -0.3 is 15.2 Å². The van der Waals surface area contributed by atoms with Crippen molar-refractivity contribution in [1.82, 2.24) is 10.2 Å². The number of esters is 1. The van der Waals surface area contributed by atoms with Crippen LogP contribution in [0.4, 0.5) is 23.7 Å². The molecule has 0 aliphatic carbocycles. The number of alkyl halides is 3. The summed E-state index contributed by atoms with van der Waals surface area (Å²) in [7, 11) is 1.07. The van der Waals surface area contributed by atoms with Gasteiger partial charge in [0, 0.05) is 11.4 Å². The maximum absolute atomic E-state index is 13.4. The zero-order valence-corrected chi connectivity index (χ0v) is 19.5. The number of urea groups is 1. The number of nitriles is 1. The third kappa shape index (κ3) is 5.37. The van der Waals surface area contributed by atoms with Gasteiger partial charge in [0.2, 0.25) is 5.96 Å². The summed E-state index contributed by atoms with van der Waals surface area (Å²) in [6.07, 6.45) is -4.71. The standard InChI is InChI=1S/C24H20F3N5O5/c1-13-19(21(35)37-2)20(15-8-6-14(11-28)7-9-15)32(23(36)30-12-18(33)34)22(29)31(13)17-5-3-4-16(10-17)24(25,26)27/h3-10,20,29H,12H2,1-2H3,(H,30,36)(H,33,34). The molecule has 0 radical (unpaired) electrons. The fourth-order valence-corrected chi connectivity index (χ4v) is 3.85. The number of hydrogen-bond donors (Lipinski definition) is 3. The molecular formula is C24H20F3N5O5. The number of aliphatic carboxylic acids is 1. The number of methoxy groups -OCH3 is 1. The number of halogens is 3. The number of carboxylic acid groups (broad SMARTS) is 1. The van der Waals surface area contributed by atoms with Crippen molar-refractivity contribution in [2.75, 3.05) is 18.6 Å². The van der Waals surface area contributed by atoms with Gasteiger partial charge in [-0.3, -0.25) is 20.0 Å². The summed E-state index contributed by atoms with van der Waals surface area (Å²) in [5.74, 6) is -2.98. The van der Waals surface area contributed by atoms with E-state index in [0.717, 1.165) is 35.1 Å². The quantitative estimate of drug-likeness (QED) is 0.516. The van der Waals surface area contributed by atoms with Crippen molar-refractivity contribution in [1.29, 1.82) is 10.7 Å². The van der Waals surface area contributed by atoms with Crippen LogP contribution in [0.25, 0.3) is 0 Å². The molecule has 3 rings (SSSR count). The molecule has 2 amide bonds. The predicted molar refractivity (Wildman–Crippen MR) is 123 cm³/mol. The SMILES string of the molecule is COC(=O)C1=C(C)N(c2cccc(C(F)(F)F)c2)C(=N)N(C(=O)NCC(=O)O)C1c1ccc(C#N)cc1. The zero-order chi connectivity index (χ0) is 27.5. The van der Waals surface area contributed by atoms with E-state index in [0.29, 0.717) is 0 Å². The summed E-state index contributed by atoms with van der Waals surface area (Å²) in [5.41, 5.74) is -0.853. The van der Waals surface area contributed by atoms with Crippen LogP contribution in [0, 0.1) is 16.7 Å². The number of hydrogen-bond acceptors (Lipinski definition) is 6. The lowest BCUT2D eigenvalue weighted by molar-refractivity contribution is -0.138. The lowest BCUT2D eigenvalue weighted by Crippen LogP contribution is -2.56. The van der Waals surface area contributed by atoms with Crippen LogP contribution in [0.5, 0.6) is 0 Å². The molecule has 0 bridgehead atoms. The maximum Gasteiger partial charge on any atom is 0.416 e. The second-order valence-electron chi connectivity index (χ2n) is 7.76. The van der Waals surface area contributed by atoms with E-state index < -0.39 is 48.3 Å². The summed E-state index contributed by atoms with van der Waals surface area (Å²) < 4.78 is 45.1. The van der Waals surface area contributed by atoms with E-state index in [-0.39, 0.29) is 28.1 Å². The molecule has 10 nitrogen and oxygen atoms in total. The Morgan fingerprint density at radius 1 is 1.19 bits per heavy atom. The number of ether oxygens (including phenoxy) is 1. The molecular weight excluding hydrogens is 495 g/mol. The minimum atomic E-state index is -4.71. The van der Waals surface area contributed by atoms with Gasteiger partial charge in [0.1, 0.15) is 12.6 Å². The van der Waals surface area contributed by atoms with Crippen LogP contribution in [-0.4, -0.2) is 47.6 Å². The molecule has 1 heterocycles. The number of benzene rings is 2. The molecule has 37 heavy (non-hydrogen) atoms. The Labute approximate surface area is 208 Å². The van der Waals surface area contributed by atoms with Crippen molar-refractivity contribution in [3.05, 3.63) is 76.5 Å². The molecule has 0 saturated heterocycles. The number of carboxylic acids is 1. The number of rotatable bonds is 5.